The molecule has 0 spiro atoms. The number of ether oxygens (including phenoxy) is 2. The largest absolute Gasteiger partial charge is 0.485 e. The molecule has 0 fully saturated rings. The van der Waals surface area contributed by atoms with Crippen LogP contribution in [-0.2, 0) is 13.2 Å². The van der Waals surface area contributed by atoms with Crippen molar-refractivity contribution in [3.63, 3.8) is 0 Å². The number of ketones is 2. The van der Waals surface area contributed by atoms with Gasteiger partial charge in [-0.25, -0.2) is 0 Å². The molecule has 1 aliphatic rings. The van der Waals surface area contributed by atoms with Gasteiger partial charge in [-0.1, -0.05) is 83.9 Å². The van der Waals surface area contributed by atoms with Gasteiger partial charge in [-0.05, 0) is 35.4 Å². The third kappa shape index (κ3) is 4.07. The van der Waals surface area contributed by atoms with Gasteiger partial charge in [0.1, 0.15) is 13.2 Å². The van der Waals surface area contributed by atoms with Crippen molar-refractivity contribution in [2.24, 2.45) is 0 Å². The molecule has 0 saturated heterocycles. The van der Waals surface area contributed by atoms with E-state index in [1.54, 1.807) is 12.1 Å². The SMILES string of the molecule is O=C1c2ccc(OCc3ccccc3)c(OCc3ccccc3)c2C(=O)c2c(Cl)ccc(Cl)c21. The molecule has 0 aliphatic heterocycles. The number of hydrogen-bond donors (Lipinski definition) is 0. The Hall–Kier alpha value is -3.60. The Bertz CT molecular complexity index is 1400. The molecule has 5 rings (SSSR count). The van der Waals surface area contributed by atoms with Crippen LogP contribution in [0.3, 0.4) is 0 Å². The normalized spacial score (nSPS) is 12.2. The number of rotatable bonds is 6. The molecule has 0 N–H and O–H groups in total. The molecule has 0 bridgehead atoms. The fourth-order valence-electron chi connectivity index (χ4n) is 3.96. The number of carbonyl (C=O) groups is 2. The van der Waals surface area contributed by atoms with Crippen molar-refractivity contribution in [2.75, 3.05) is 0 Å². The van der Waals surface area contributed by atoms with E-state index in [1.807, 2.05) is 60.7 Å². The fourth-order valence-corrected chi connectivity index (χ4v) is 4.44. The van der Waals surface area contributed by atoms with E-state index in [-0.39, 0.29) is 57.0 Å². The molecule has 0 atom stereocenters. The van der Waals surface area contributed by atoms with Crippen molar-refractivity contribution in [1.29, 1.82) is 0 Å². The van der Waals surface area contributed by atoms with Gasteiger partial charge in [0.15, 0.2) is 23.1 Å². The van der Waals surface area contributed by atoms with E-state index in [2.05, 4.69) is 0 Å². The number of hydrogen-bond acceptors (Lipinski definition) is 4. The first-order chi connectivity index (χ1) is 16.5. The second-order valence-electron chi connectivity index (χ2n) is 7.80. The van der Waals surface area contributed by atoms with Gasteiger partial charge in [0.25, 0.3) is 0 Å². The highest BCUT2D eigenvalue weighted by atomic mass is 35.5. The van der Waals surface area contributed by atoms with Gasteiger partial charge in [-0.15, -0.1) is 0 Å². The van der Waals surface area contributed by atoms with Crippen LogP contribution in [0.5, 0.6) is 11.5 Å². The van der Waals surface area contributed by atoms with Crippen LogP contribution in [0.4, 0.5) is 0 Å². The lowest BCUT2D eigenvalue weighted by Gasteiger charge is -2.23. The number of fused-ring (bicyclic) bond motifs is 2. The zero-order valence-electron chi connectivity index (χ0n) is 17.9. The average Bonchev–Trinajstić information content (AvgIpc) is 2.87. The average molecular weight is 489 g/mol. The fraction of sp³-hybridized carbons (Fsp3) is 0.0714. The summed E-state index contributed by atoms with van der Waals surface area (Å²) >= 11 is 12.6. The molecule has 0 radical (unpaired) electrons. The zero-order chi connectivity index (χ0) is 23.7. The molecule has 6 heteroatoms. The molecule has 168 valence electrons. The van der Waals surface area contributed by atoms with Crippen LogP contribution in [0.2, 0.25) is 10.0 Å². The van der Waals surface area contributed by atoms with E-state index in [4.69, 9.17) is 32.7 Å². The summed E-state index contributed by atoms with van der Waals surface area (Å²) in [5, 5.41) is 0.340. The maximum atomic E-state index is 13.7. The Kier molecular flexibility index (Phi) is 6.10. The van der Waals surface area contributed by atoms with Crippen LogP contribution < -0.4 is 9.47 Å². The third-order valence-corrected chi connectivity index (χ3v) is 6.24. The van der Waals surface area contributed by atoms with Gasteiger partial charge in [0.2, 0.25) is 0 Å². The van der Waals surface area contributed by atoms with Gasteiger partial charge in [-0.2, -0.15) is 0 Å². The van der Waals surface area contributed by atoms with E-state index in [0.717, 1.165) is 11.1 Å². The van der Waals surface area contributed by atoms with Crippen LogP contribution >= 0.6 is 23.2 Å². The second-order valence-corrected chi connectivity index (χ2v) is 8.62. The first-order valence-electron chi connectivity index (χ1n) is 10.6. The van der Waals surface area contributed by atoms with Crippen molar-refractivity contribution in [3.8, 4) is 11.5 Å². The van der Waals surface area contributed by atoms with Gasteiger partial charge in [0, 0.05) is 5.56 Å². The van der Waals surface area contributed by atoms with Gasteiger partial charge < -0.3 is 9.47 Å². The number of benzene rings is 4. The van der Waals surface area contributed by atoms with Crippen LogP contribution in [0, 0.1) is 0 Å². The highest BCUT2D eigenvalue weighted by Crippen LogP contribution is 2.43. The summed E-state index contributed by atoms with van der Waals surface area (Å²) in [7, 11) is 0. The topological polar surface area (TPSA) is 52.6 Å². The van der Waals surface area contributed by atoms with Crippen molar-refractivity contribution in [1.82, 2.24) is 0 Å². The maximum Gasteiger partial charge on any atom is 0.199 e. The van der Waals surface area contributed by atoms with Gasteiger partial charge in [0.05, 0.1) is 26.7 Å². The van der Waals surface area contributed by atoms with Crippen molar-refractivity contribution < 1.29 is 19.1 Å². The molecule has 0 amide bonds. The summed E-state index contributed by atoms with van der Waals surface area (Å²) in [6.07, 6.45) is 0. The Morgan fingerprint density at radius 3 is 1.68 bits per heavy atom. The van der Waals surface area contributed by atoms with Crippen LogP contribution in [0.1, 0.15) is 43.0 Å². The molecule has 0 unspecified atom stereocenters. The Labute approximate surface area is 206 Å². The quantitative estimate of drug-likeness (QED) is 0.260. The van der Waals surface area contributed by atoms with Crippen molar-refractivity contribution >= 4 is 34.8 Å². The first-order valence-corrected chi connectivity index (χ1v) is 11.4. The number of halogens is 2. The molecular formula is C28H18Cl2O4. The Balaban J connectivity index is 1.60. The van der Waals surface area contributed by atoms with Crippen molar-refractivity contribution in [3.05, 3.63) is 128 Å². The molecule has 0 aromatic heterocycles. The van der Waals surface area contributed by atoms with E-state index in [9.17, 15) is 9.59 Å². The van der Waals surface area contributed by atoms with Gasteiger partial charge in [-0.3, -0.25) is 9.59 Å². The lowest BCUT2D eigenvalue weighted by molar-refractivity contribution is 0.0974. The summed E-state index contributed by atoms with van der Waals surface area (Å²) in [4.78, 5) is 27.0. The van der Waals surface area contributed by atoms with E-state index in [1.165, 1.54) is 12.1 Å². The highest BCUT2D eigenvalue weighted by molar-refractivity contribution is 6.43. The van der Waals surface area contributed by atoms with Crippen LogP contribution in [-0.4, -0.2) is 11.6 Å². The van der Waals surface area contributed by atoms with E-state index in [0.29, 0.717) is 5.75 Å². The summed E-state index contributed by atoms with van der Waals surface area (Å²) in [5.41, 5.74) is 2.39. The van der Waals surface area contributed by atoms with Gasteiger partial charge >= 0.3 is 0 Å². The summed E-state index contributed by atoms with van der Waals surface area (Å²) in [6.45, 7) is 0.462. The first kappa shape index (κ1) is 22.2. The summed E-state index contributed by atoms with van der Waals surface area (Å²) in [6, 6.07) is 25.4. The van der Waals surface area contributed by atoms with Crippen LogP contribution in [0.15, 0.2) is 84.9 Å². The molecule has 4 aromatic rings. The standard InChI is InChI=1S/C28H18Cl2O4/c29-20-12-13-21(30)25-24(20)26(31)19-11-14-22(33-15-17-7-3-1-4-8-17)28(23(19)27(25)32)34-16-18-9-5-2-6-10-18/h1-14H,15-16H2. The van der Waals surface area contributed by atoms with E-state index >= 15 is 0 Å². The highest BCUT2D eigenvalue weighted by Gasteiger charge is 2.37. The minimum Gasteiger partial charge on any atom is -0.485 e. The predicted molar refractivity (Wildman–Crippen MR) is 131 cm³/mol. The van der Waals surface area contributed by atoms with E-state index < -0.39 is 5.78 Å². The number of carbonyl (C=O) groups excluding carboxylic acids is 2. The predicted octanol–water partition coefficient (Wildman–Crippen LogP) is 6.93. The smallest absolute Gasteiger partial charge is 0.199 e. The molecule has 1 aliphatic carbocycles. The van der Waals surface area contributed by atoms with Crippen molar-refractivity contribution in [2.45, 2.75) is 13.2 Å². The molecule has 0 saturated carbocycles. The zero-order valence-corrected chi connectivity index (χ0v) is 19.4. The molecule has 4 nitrogen and oxygen atoms in total. The van der Waals surface area contributed by atoms with Crippen LogP contribution in [0.25, 0.3) is 0 Å². The molecular weight excluding hydrogens is 471 g/mol. The molecule has 4 aromatic carbocycles. The maximum absolute atomic E-state index is 13.7. The monoisotopic (exact) mass is 488 g/mol. The minimum atomic E-state index is -0.426. The molecule has 34 heavy (non-hydrogen) atoms. The third-order valence-electron chi connectivity index (χ3n) is 5.61. The lowest BCUT2D eigenvalue weighted by atomic mass is 9.83. The lowest BCUT2D eigenvalue weighted by Crippen LogP contribution is -2.23. The minimum absolute atomic E-state index is 0.0800. The Morgan fingerprint density at radius 2 is 1.09 bits per heavy atom. The molecule has 0 heterocycles. The summed E-state index contributed by atoms with van der Waals surface area (Å²) in [5.74, 6) is -0.236. The second kappa shape index (κ2) is 9.34. The Morgan fingerprint density at radius 1 is 0.559 bits per heavy atom. The summed E-state index contributed by atoms with van der Waals surface area (Å²) < 4.78 is 12.2.